The predicted octanol–water partition coefficient (Wildman–Crippen LogP) is 2.17. The van der Waals surface area contributed by atoms with Crippen LogP contribution in [0.25, 0.3) is 10.2 Å². The molecule has 1 aromatic carbocycles. The van der Waals surface area contributed by atoms with Gasteiger partial charge in [0, 0.05) is 18.9 Å². The van der Waals surface area contributed by atoms with E-state index < -0.39 is 0 Å². The predicted molar refractivity (Wildman–Crippen MR) is 106 cm³/mol. The number of amides is 3. The highest BCUT2D eigenvalue weighted by molar-refractivity contribution is 7.18. The van der Waals surface area contributed by atoms with Crippen molar-refractivity contribution in [2.24, 2.45) is 0 Å². The Labute approximate surface area is 163 Å². The summed E-state index contributed by atoms with van der Waals surface area (Å²) in [4.78, 5) is 30.5. The van der Waals surface area contributed by atoms with Crippen molar-refractivity contribution < 1.29 is 14.5 Å². The number of hydrogen-bond acceptors (Lipinski definition) is 4. The zero-order chi connectivity index (χ0) is 18.6. The molecular formula is C20H27N4O2S+. The van der Waals surface area contributed by atoms with Crippen molar-refractivity contribution >= 4 is 33.5 Å². The summed E-state index contributed by atoms with van der Waals surface area (Å²) in [6, 6.07) is 8.27. The first-order valence-corrected chi connectivity index (χ1v) is 10.8. The average molecular weight is 388 g/mol. The molecule has 2 atom stereocenters. The third-order valence-electron chi connectivity index (χ3n) is 5.67. The molecule has 1 saturated heterocycles. The highest BCUT2D eigenvalue weighted by atomic mass is 32.1. The first kappa shape index (κ1) is 18.4. The van der Waals surface area contributed by atoms with Crippen LogP contribution in [-0.2, 0) is 4.79 Å². The Morgan fingerprint density at radius 2 is 1.93 bits per heavy atom. The number of benzene rings is 1. The zero-order valence-corrected chi connectivity index (χ0v) is 16.3. The second-order valence-corrected chi connectivity index (χ2v) is 8.72. The number of aromatic nitrogens is 1. The van der Waals surface area contributed by atoms with E-state index in [4.69, 9.17) is 4.98 Å². The second-order valence-electron chi connectivity index (χ2n) is 7.66. The van der Waals surface area contributed by atoms with Gasteiger partial charge < -0.3 is 10.2 Å². The van der Waals surface area contributed by atoms with Crippen LogP contribution in [0, 0.1) is 0 Å². The fourth-order valence-electron chi connectivity index (χ4n) is 4.31. The van der Waals surface area contributed by atoms with Crippen LogP contribution in [-0.4, -0.2) is 36.1 Å². The summed E-state index contributed by atoms with van der Waals surface area (Å²) in [6.07, 6.45) is 7.69. The number of urea groups is 1. The molecule has 2 aliphatic rings. The van der Waals surface area contributed by atoms with E-state index in [1.54, 1.807) is 11.3 Å². The lowest BCUT2D eigenvalue weighted by atomic mass is 9.96. The number of likely N-dealkylation sites (tertiary alicyclic amines) is 1. The second kappa shape index (κ2) is 8.35. The van der Waals surface area contributed by atoms with Crippen LogP contribution in [0.4, 0.5) is 4.79 Å². The van der Waals surface area contributed by atoms with Gasteiger partial charge in [-0.05, 0) is 25.0 Å². The minimum Gasteiger partial charge on any atom is -0.335 e. The van der Waals surface area contributed by atoms with Gasteiger partial charge in [0.15, 0.2) is 11.6 Å². The largest absolute Gasteiger partial charge is 0.335 e. The Kier molecular flexibility index (Phi) is 5.69. The number of nitrogens with zero attached hydrogens (tertiary/aromatic N) is 1. The molecule has 1 aromatic heterocycles. The first-order valence-electron chi connectivity index (χ1n) is 9.99. The highest BCUT2D eigenvalue weighted by Gasteiger charge is 2.34. The molecule has 27 heavy (non-hydrogen) atoms. The molecule has 2 fully saturated rings. The number of nitrogens with one attached hydrogen (secondary N) is 3. The number of thiazole rings is 1. The monoisotopic (exact) mass is 387 g/mol. The van der Waals surface area contributed by atoms with Gasteiger partial charge in [0.2, 0.25) is 0 Å². The first-order chi connectivity index (χ1) is 13.2. The molecule has 1 aliphatic heterocycles. The summed E-state index contributed by atoms with van der Waals surface area (Å²) in [5.41, 5.74) is 1.03. The summed E-state index contributed by atoms with van der Waals surface area (Å²) in [5.74, 6) is -0.202. The highest BCUT2D eigenvalue weighted by Crippen LogP contribution is 2.28. The van der Waals surface area contributed by atoms with E-state index in [0.717, 1.165) is 55.6 Å². The Hall–Kier alpha value is -1.99. The van der Waals surface area contributed by atoms with Gasteiger partial charge in [0.25, 0.3) is 5.91 Å². The zero-order valence-electron chi connectivity index (χ0n) is 15.5. The van der Waals surface area contributed by atoms with Crippen molar-refractivity contribution in [2.75, 3.05) is 13.1 Å². The molecule has 0 bridgehead atoms. The number of imide groups is 1. The van der Waals surface area contributed by atoms with Gasteiger partial charge >= 0.3 is 6.03 Å². The molecule has 1 unspecified atom stereocenters. The van der Waals surface area contributed by atoms with E-state index in [9.17, 15) is 9.59 Å². The van der Waals surface area contributed by atoms with Gasteiger partial charge in [-0.25, -0.2) is 9.78 Å². The molecule has 7 heteroatoms. The van der Waals surface area contributed by atoms with Gasteiger partial charge in [0.05, 0.1) is 16.8 Å². The molecule has 2 heterocycles. The Bertz CT molecular complexity index is 782. The number of quaternary nitrogens is 1. The van der Waals surface area contributed by atoms with Crippen LogP contribution >= 0.6 is 11.3 Å². The average Bonchev–Trinajstić information content (AvgIpc) is 3.28. The molecule has 3 N–H and O–H groups in total. The van der Waals surface area contributed by atoms with Crippen molar-refractivity contribution in [2.45, 2.75) is 57.0 Å². The maximum Gasteiger partial charge on any atom is 0.321 e. The van der Waals surface area contributed by atoms with E-state index in [0.29, 0.717) is 6.54 Å². The van der Waals surface area contributed by atoms with Gasteiger partial charge in [-0.3, -0.25) is 10.1 Å². The molecule has 3 amide bonds. The number of carbonyl (C=O) groups is 2. The standard InChI is InChI=1S/C20H26N4O2S/c25-18(23-20(26)21-14-7-2-1-3-8-14)13-24-12-6-10-16(24)19-22-15-9-4-5-11-17(15)27-19/h4-5,9,11,14,16H,1-3,6-8,10,12-13H2,(H2,21,23,25,26)/p+1/t16-/m1/s1. The number of para-hydroxylation sites is 1. The number of fused-ring (bicyclic) bond motifs is 1. The van der Waals surface area contributed by atoms with Gasteiger partial charge in [-0.15, -0.1) is 11.3 Å². The Morgan fingerprint density at radius 3 is 2.74 bits per heavy atom. The van der Waals surface area contributed by atoms with E-state index in [1.165, 1.54) is 16.0 Å². The molecule has 1 aliphatic carbocycles. The lowest BCUT2D eigenvalue weighted by Crippen LogP contribution is -3.11. The quantitative estimate of drug-likeness (QED) is 0.753. The lowest BCUT2D eigenvalue weighted by molar-refractivity contribution is -0.910. The van der Waals surface area contributed by atoms with Crippen molar-refractivity contribution in [3.63, 3.8) is 0 Å². The van der Waals surface area contributed by atoms with Crippen molar-refractivity contribution in [1.29, 1.82) is 0 Å². The Balaban J connectivity index is 1.33. The van der Waals surface area contributed by atoms with Crippen LogP contribution in [0.5, 0.6) is 0 Å². The van der Waals surface area contributed by atoms with Crippen LogP contribution in [0.3, 0.4) is 0 Å². The molecule has 6 nitrogen and oxygen atoms in total. The van der Waals surface area contributed by atoms with Crippen LogP contribution in [0.15, 0.2) is 24.3 Å². The normalized spacial score (nSPS) is 23.4. The van der Waals surface area contributed by atoms with Gasteiger partial charge in [-0.1, -0.05) is 31.4 Å². The van der Waals surface area contributed by atoms with Crippen molar-refractivity contribution in [3.8, 4) is 0 Å². The smallest absolute Gasteiger partial charge is 0.321 e. The van der Waals surface area contributed by atoms with Crippen LogP contribution in [0.1, 0.15) is 56.0 Å². The van der Waals surface area contributed by atoms with Crippen LogP contribution in [0.2, 0.25) is 0 Å². The number of hydrogen-bond donors (Lipinski definition) is 3. The minimum atomic E-state index is -0.345. The van der Waals surface area contributed by atoms with E-state index in [2.05, 4.69) is 16.7 Å². The van der Waals surface area contributed by atoms with Gasteiger partial charge in [0.1, 0.15) is 6.04 Å². The molecule has 2 aromatic rings. The fourth-order valence-corrected chi connectivity index (χ4v) is 5.47. The van der Waals surface area contributed by atoms with Gasteiger partial charge in [-0.2, -0.15) is 0 Å². The molecule has 4 rings (SSSR count). The molecule has 1 saturated carbocycles. The maximum atomic E-state index is 12.4. The summed E-state index contributed by atoms with van der Waals surface area (Å²) in [5, 5.41) is 6.57. The molecular weight excluding hydrogens is 360 g/mol. The van der Waals surface area contributed by atoms with E-state index >= 15 is 0 Å². The third kappa shape index (κ3) is 4.47. The summed E-state index contributed by atoms with van der Waals surface area (Å²) < 4.78 is 1.19. The summed E-state index contributed by atoms with van der Waals surface area (Å²) >= 11 is 1.72. The fraction of sp³-hybridized carbons (Fsp3) is 0.550. The molecule has 144 valence electrons. The third-order valence-corrected chi connectivity index (χ3v) is 6.82. The summed E-state index contributed by atoms with van der Waals surface area (Å²) in [7, 11) is 0. The molecule has 0 spiro atoms. The minimum absolute atomic E-state index is 0.202. The SMILES string of the molecule is O=C(C[NH+]1CCC[C@@H]1c1nc2ccccc2s1)NC(=O)NC1CCCCC1. The van der Waals surface area contributed by atoms with Crippen molar-refractivity contribution in [1.82, 2.24) is 15.6 Å². The van der Waals surface area contributed by atoms with E-state index in [-0.39, 0.29) is 24.0 Å². The number of carbonyl (C=O) groups excluding carboxylic acids is 2. The topological polar surface area (TPSA) is 75.5 Å². The lowest BCUT2D eigenvalue weighted by Gasteiger charge is -2.23. The molecule has 0 radical (unpaired) electrons. The summed E-state index contributed by atoms with van der Waals surface area (Å²) in [6.45, 7) is 1.26. The van der Waals surface area contributed by atoms with Crippen LogP contribution < -0.4 is 15.5 Å². The number of rotatable bonds is 4. The van der Waals surface area contributed by atoms with E-state index in [1.807, 2.05) is 18.2 Å². The Morgan fingerprint density at radius 1 is 1.11 bits per heavy atom. The van der Waals surface area contributed by atoms with Crippen molar-refractivity contribution in [3.05, 3.63) is 29.3 Å². The maximum absolute atomic E-state index is 12.4.